The van der Waals surface area contributed by atoms with Crippen LogP contribution in [0.3, 0.4) is 0 Å². The van der Waals surface area contributed by atoms with E-state index in [0.717, 1.165) is 18.5 Å². The van der Waals surface area contributed by atoms with Crippen molar-refractivity contribution in [2.45, 2.75) is 46.0 Å². The minimum absolute atomic E-state index is 0.352. The Balaban J connectivity index is 1.97. The van der Waals surface area contributed by atoms with Crippen LogP contribution in [0.4, 0.5) is 0 Å². The lowest BCUT2D eigenvalue weighted by Gasteiger charge is -2.02. The van der Waals surface area contributed by atoms with Gasteiger partial charge in [-0.2, -0.15) is 0 Å². The zero-order valence-electron chi connectivity index (χ0n) is 13.2. The summed E-state index contributed by atoms with van der Waals surface area (Å²) in [5.41, 5.74) is 1.40. The first-order valence-electron chi connectivity index (χ1n) is 7.79. The van der Waals surface area contributed by atoms with Crippen LogP contribution in [0.15, 0.2) is 24.5 Å². The van der Waals surface area contributed by atoms with E-state index < -0.39 is 0 Å². The zero-order valence-corrected chi connectivity index (χ0v) is 13.2. The number of aromatic nitrogens is 4. The maximum absolute atomic E-state index is 11.6. The van der Waals surface area contributed by atoms with Crippen LogP contribution < -0.4 is 0 Å². The molecule has 0 spiro atoms. The molecule has 0 unspecified atom stereocenters. The number of esters is 1. The number of unbranched alkanes of at least 4 members (excludes halogenated alkanes) is 3. The average molecular weight is 302 g/mol. The third kappa shape index (κ3) is 4.38. The number of nitrogens with zero attached hydrogens (tertiary/aromatic N) is 4. The molecule has 0 bridgehead atoms. The van der Waals surface area contributed by atoms with Gasteiger partial charge in [0.2, 0.25) is 0 Å². The molecule has 0 aliphatic rings. The summed E-state index contributed by atoms with van der Waals surface area (Å²) >= 11 is 0. The highest BCUT2D eigenvalue weighted by Crippen LogP contribution is 2.09. The van der Waals surface area contributed by atoms with E-state index in [1.807, 2.05) is 6.20 Å². The van der Waals surface area contributed by atoms with E-state index in [-0.39, 0.29) is 5.97 Å². The van der Waals surface area contributed by atoms with Crippen LogP contribution >= 0.6 is 0 Å². The second kappa shape index (κ2) is 8.26. The third-order valence-electron chi connectivity index (χ3n) is 3.32. The molecule has 0 atom stereocenters. The van der Waals surface area contributed by atoms with Gasteiger partial charge >= 0.3 is 5.97 Å². The maximum atomic E-state index is 11.6. The molecule has 0 N–H and O–H groups in total. The van der Waals surface area contributed by atoms with Crippen molar-refractivity contribution in [2.75, 3.05) is 6.61 Å². The second-order valence-electron chi connectivity index (χ2n) is 5.09. The fourth-order valence-corrected chi connectivity index (χ4v) is 2.11. The van der Waals surface area contributed by atoms with Crippen LogP contribution in [-0.2, 0) is 11.2 Å². The van der Waals surface area contributed by atoms with Gasteiger partial charge in [-0.15, -0.1) is 5.10 Å². The topological polar surface area (TPSA) is 69.9 Å². The van der Waals surface area contributed by atoms with Crippen molar-refractivity contribution in [1.29, 1.82) is 0 Å². The number of hydrogen-bond acceptors (Lipinski definition) is 5. The molecule has 0 aromatic carbocycles. The maximum Gasteiger partial charge on any atom is 0.339 e. The van der Waals surface area contributed by atoms with Gasteiger partial charge in [-0.05, 0) is 31.9 Å². The SMILES string of the molecule is CCCCCCc1cn(-c2ccc(C(=O)OCC)cn2)nn1. The van der Waals surface area contributed by atoms with Gasteiger partial charge in [-0.1, -0.05) is 31.4 Å². The summed E-state index contributed by atoms with van der Waals surface area (Å²) in [4.78, 5) is 15.8. The second-order valence-corrected chi connectivity index (χ2v) is 5.09. The summed E-state index contributed by atoms with van der Waals surface area (Å²) in [5.74, 6) is 0.275. The minimum Gasteiger partial charge on any atom is -0.462 e. The number of carbonyl (C=O) groups excluding carboxylic acids is 1. The minimum atomic E-state index is -0.364. The van der Waals surface area contributed by atoms with Gasteiger partial charge in [0.1, 0.15) is 0 Å². The highest BCUT2D eigenvalue weighted by atomic mass is 16.5. The lowest BCUT2D eigenvalue weighted by Crippen LogP contribution is -2.06. The summed E-state index contributed by atoms with van der Waals surface area (Å²) in [6.45, 7) is 4.32. The fourth-order valence-electron chi connectivity index (χ4n) is 2.11. The van der Waals surface area contributed by atoms with Gasteiger partial charge in [-0.3, -0.25) is 0 Å². The molecule has 0 saturated heterocycles. The molecule has 6 nitrogen and oxygen atoms in total. The van der Waals surface area contributed by atoms with Crippen molar-refractivity contribution < 1.29 is 9.53 Å². The summed E-state index contributed by atoms with van der Waals surface area (Å²) < 4.78 is 6.56. The Morgan fingerprint density at radius 3 is 2.77 bits per heavy atom. The van der Waals surface area contributed by atoms with Gasteiger partial charge in [0.25, 0.3) is 0 Å². The first-order valence-corrected chi connectivity index (χ1v) is 7.79. The molecule has 0 aliphatic carbocycles. The Labute approximate surface area is 130 Å². The molecule has 6 heteroatoms. The van der Waals surface area contributed by atoms with Gasteiger partial charge in [-0.25, -0.2) is 14.5 Å². The smallest absolute Gasteiger partial charge is 0.339 e. The molecular weight excluding hydrogens is 280 g/mol. The molecule has 2 rings (SSSR count). The number of pyridine rings is 1. The summed E-state index contributed by atoms with van der Waals surface area (Å²) in [7, 11) is 0. The van der Waals surface area contributed by atoms with Crippen molar-refractivity contribution in [3.8, 4) is 5.82 Å². The predicted molar refractivity (Wildman–Crippen MR) is 83.0 cm³/mol. The van der Waals surface area contributed by atoms with Crippen molar-refractivity contribution in [3.05, 3.63) is 35.8 Å². The number of ether oxygens (including phenoxy) is 1. The molecule has 0 aliphatic heterocycles. The van der Waals surface area contributed by atoms with E-state index in [0.29, 0.717) is 18.0 Å². The summed E-state index contributed by atoms with van der Waals surface area (Å²) in [6, 6.07) is 3.42. The van der Waals surface area contributed by atoms with Crippen molar-refractivity contribution in [3.63, 3.8) is 0 Å². The van der Waals surface area contributed by atoms with Crippen LogP contribution in [0.25, 0.3) is 5.82 Å². The van der Waals surface area contributed by atoms with Crippen LogP contribution in [0.1, 0.15) is 55.6 Å². The molecule has 22 heavy (non-hydrogen) atoms. The zero-order chi connectivity index (χ0) is 15.8. The monoisotopic (exact) mass is 302 g/mol. The normalized spacial score (nSPS) is 10.6. The van der Waals surface area contributed by atoms with Crippen molar-refractivity contribution >= 4 is 5.97 Å². The van der Waals surface area contributed by atoms with Crippen LogP contribution in [-0.4, -0.2) is 32.6 Å². The molecule has 2 aromatic heterocycles. The highest BCUT2D eigenvalue weighted by molar-refractivity contribution is 5.89. The van der Waals surface area contributed by atoms with Crippen molar-refractivity contribution in [2.24, 2.45) is 0 Å². The summed E-state index contributed by atoms with van der Waals surface area (Å²) in [5, 5.41) is 8.24. The van der Waals surface area contributed by atoms with Gasteiger partial charge in [0.15, 0.2) is 5.82 Å². The Kier molecular flexibility index (Phi) is 6.06. The standard InChI is InChI=1S/C16H22N4O2/c1-3-5-6-7-8-14-12-20(19-18-14)15-10-9-13(11-17-15)16(21)22-4-2/h9-12H,3-8H2,1-2H3. The Morgan fingerprint density at radius 1 is 1.23 bits per heavy atom. The van der Waals surface area contributed by atoms with E-state index in [2.05, 4.69) is 22.2 Å². The lowest BCUT2D eigenvalue weighted by molar-refractivity contribution is 0.0526. The van der Waals surface area contributed by atoms with Gasteiger partial charge < -0.3 is 4.74 Å². The molecule has 0 saturated carbocycles. The lowest BCUT2D eigenvalue weighted by atomic mass is 10.1. The molecule has 0 fully saturated rings. The average Bonchev–Trinajstić information content (AvgIpc) is 3.01. The number of rotatable bonds is 8. The molecule has 118 valence electrons. The number of carbonyl (C=O) groups is 1. The molecule has 2 heterocycles. The van der Waals surface area contributed by atoms with Crippen LogP contribution in [0, 0.1) is 0 Å². The predicted octanol–water partition coefficient (Wildman–Crippen LogP) is 2.96. The summed E-state index contributed by atoms with van der Waals surface area (Å²) in [6.07, 6.45) is 9.14. The molecule has 0 radical (unpaired) electrons. The molecule has 0 amide bonds. The molecular formula is C16H22N4O2. The van der Waals surface area contributed by atoms with Crippen LogP contribution in [0.2, 0.25) is 0 Å². The van der Waals surface area contributed by atoms with Gasteiger partial charge in [0, 0.05) is 6.20 Å². The van der Waals surface area contributed by atoms with E-state index in [1.165, 1.54) is 25.5 Å². The Morgan fingerprint density at radius 2 is 2.09 bits per heavy atom. The Bertz CT molecular complexity index is 592. The third-order valence-corrected chi connectivity index (χ3v) is 3.32. The number of aryl methyl sites for hydroxylation is 1. The first-order chi connectivity index (χ1) is 10.7. The molecule has 2 aromatic rings. The fraction of sp³-hybridized carbons (Fsp3) is 0.500. The highest BCUT2D eigenvalue weighted by Gasteiger charge is 2.08. The largest absolute Gasteiger partial charge is 0.462 e. The number of hydrogen-bond donors (Lipinski definition) is 0. The van der Waals surface area contributed by atoms with E-state index >= 15 is 0 Å². The van der Waals surface area contributed by atoms with Crippen LogP contribution in [0.5, 0.6) is 0 Å². The first kappa shape index (κ1) is 16.1. The Hall–Kier alpha value is -2.24. The van der Waals surface area contributed by atoms with Gasteiger partial charge in [0.05, 0.1) is 24.1 Å². The van der Waals surface area contributed by atoms with E-state index in [1.54, 1.807) is 23.7 Å². The van der Waals surface area contributed by atoms with Crippen molar-refractivity contribution in [1.82, 2.24) is 20.0 Å². The quantitative estimate of drug-likeness (QED) is 0.554. The van der Waals surface area contributed by atoms with E-state index in [9.17, 15) is 4.79 Å². The van der Waals surface area contributed by atoms with E-state index in [4.69, 9.17) is 4.74 Å².